The molecule has 0 heterocycles. The van der Waals surface area contributed by atoms with E-state index in [1.165, 1.54) is 24.3 Å². The normalized spacial score (nSPS) is 15.3. The first-order valence-electron chi connectivity index (χ1n) is 10.6. The summed E-state index contributed by atoms with van der Waals surface area (Å²) in [7, 11) is 0. The van der Waals surface area contributed by atoms with Gasteiger partial charge in [0.05, 0.1) is 11.3 Å². The van der Waals surface area contributed by atoms with Gasteiger partial charge in [0.1, 0.15) is 24.4 Å². The number of non-ortho nitro benzene ring substituents is 1. The summed E-state index contributed by atoms with van der Waals surface area (Å²) in [4.78, 5) is 47.3. The van der Waals surface area contributed by atoms with Crippen LogP contribution in [0.15, 0.2) is 24.3 Å². The van der Waals surface area contributed by atoms with Crippen LogP contribution >= 0.6 is 0 Å². The van der Waals surface area contributed by atoms with Gasteiger partial charge in [0.15, 0.2) is 0 Å². The quantitative estimate of drug-likeness (QED) is 0.274. The summed E-state index contributed by atoms with van der Waals surface area (Å²) in [5.41, 5.74) is -0.309. The van der Waals surface area contributed by atoms with E-state index in [0.29, 0.717) is 5.56 Å². The number of hydrogen-bond acceptors (Lipinski definition) is 8. The van der Waals surface area contributed by atoms with Crippen LogP contribution in [0.3, 0.4) is 0 Å². The van der Waals surface area contributed by atoms with Gasteiger partial charge in [0, 0.05) is 12.1 Å². The molecular weight excluding hydrogens is 420 g/mol. The number of hydrogen-bond donors (Lipinski definition) is 1. The number of nitro groups is 1. The first-order valence-corrected chi connectivity index (χ1v) is 10.6. The Kier molecular flexibility index (Phi) is 8.98. The number of nitrogens with zero attached hydrogens (tertiary/aromatic N) is 1. The van der Waals surface area contributed by atoms with Crippen LogP contribution in [-0.2, 0) is 30.4 Å². The van der Waals surface area contributed by atoms with E-state index in [2.05, 4.69) is 5.32 Å². The van der Waals surface area contributed by atoms with Crippen molar-refractivity contribution in [2.75, 3.05) is 0 Å². The fraction of sp³-hybridized carbons (Fsp3) is 0.591. The standard InChI is InChI=1S/C22H30N2O8/c1-22(2,3)32-21(27)23-18(20(26)31-17-7-5-4-6-8-17)13-19(25)30-14-15-9-11-16(12-10-15)24(28)29/h9-12,17-18H,4-8,13-14H2,1-3H3,(H,23,27)/t18-/m1/s1. The van der Waals surface area contributed by atoms with E-state index in [9.17, 15) is 24.5 Å². The molecule has 32 heavy (non-hydrogen) atoms. The molecule has 1 aliphatic carbocycles. The summed E-state index contributed by atoms with van der Waals surface area (Å²) < 4.78 is 15.9. The zero-order valence-corrected chi connectivity index (χ0v) is 18.6. The third-order valence-corrected chi connectivity index (χ3v) is 4.73. The SMILES string of the molecule is CC(C)(C)OC(=O)N[C@H](CC(=O)OCc1ccc([N+](=O)[O-])cc1)C(=O)OC1CCCCC1. The Hall–Kier alpha value is -3.17. The lowest BCUT2D eigenvalue weighted by Gasteiger charge is -2.26. The van der Waals surface area contributed by atoms with E-state index in [1.54, 1.807) is 20.8 Å². The molecule has 1 aromatic carbocycles. The molecule has 1 fully saturated rings. The molecule has 0 saturated heterocycles. The molecule has 1 aliphatic rings. The smallest absolute Gasteiger partial charge is 0.408 e. The molecule has 10 heteroatoms. The highest BCUT2D eigenvalue weighted by Gasteiger charge is 2.30. The lowest BCUT2D eigenvalue weighted by atomic mass is 9.98. The summed E-state index contributed by atoms with van der Waals surface area (Å²) in [5, 5.41) is 13.1. The van der Waals surface area contributed by atoms with Crippen LogP contribution < -0.4 is 5.32 Å². The maximum Gasteiger partial charge on any atom is 0.408 e. The lowest BCUT2D eigenvalue weighted by Crippen LogP contribution is -2.46. The summed E-state index contributed by atoms with van der Waals surface area (Å²) in [6, 6.07) is 4.30. The Morgan fingerprint density at radius 1 is 1.12 bits per heavy atom. The van der Waals surface area contributed by atoms with Crippen LogP contribution in [-0.4, -0.2) is 40.7 Å². The molecule has 1 N–H and O–H groups in total. The maximum atomic E-state index is 12.7. The number of carbonyl (C=O) groups excluding carboxylic acids is 3. The zero-order chi connectivity index (χ0) is 23.7. The van der Waals surface area contributed by atoms with Crippen molar-refractivity contribution in [3.63, 3.8) is 0 Å². The molecule has 176 valence electrons. The number of carbonyl (C=O) groups is 3. The van der Waals surface area contributed by atoms with E-state index in [4.69, 9.17) is 14.2 Å². The average molecular weight is 450 g/mol. The summed E-state index contributed by atoms with van der Waals surface area (Å²) in [6.45, 7) is 4.91. The monoisotopic (exact) mass is 450 g/mol. The predicted octanol–water partition coefficient (Wildman–Crippen LogP) is 3.80. The molecule has 0 unspecified atom stereocenters. The minimum absolute atomic E-state index is 0.0767. The third-order valence-electron chi connectivity index (χ3n) is 4.73. The van der Waals surface area contributed by atoms with Gasteiger partial charge in [-0.25, -0.2) is 9.59 Å². The summed E-state index contributed by atoms with van der Waals surface area (Å²) in [6.07, 6.45) is 2.98. The summed E-state index contributed by atoms with van der Waals surface area (Å²) >= 11 is 0. The summed E-state index contributed by atoms with van der Waals surface area (Å²) in [5.74, 6) is -1.44. The van der Waals surface area contributed by atoms with Crippen molar-refractivity contribution in [1.29, 1.82) is 0 Å². The van der Waals surface area contributed by atoms with Gasteiger partial charge in [-0.3, -0.25) is 14.9 Å². The van der Waals surface area contributed by atoms with Crippen molar-refractivity contribution in [3.05, 3.63) is 39.9 Å². The Morgan fingerprint density at radius 3 is 2.31 bits per heavy atom. The van der Waals surface area contributed by atoms with Crippen molar-refractivity contribution in [2.45, 2.75) is 83.6 Å². The molecule has 0 spiro atoms. The van der Waals surface area contributed by atoms with Crippen LogP contribution in [0, 0.1) is 10.1 Å². The van der Waals surface area contributed by atoms with E-state index in [-0.39, 0.29) is 18.4 Å². The molecule has 0 aromatic heterocycles. The topological polar surface area (TPSA) is 134 Å². The molecule has 1 amide bonds. The molecule has 0 aliphatic heterocycles. The number of rotatable bonds is 8. The van der Waals surface area contributed by atoms with Gasteiger partial charge >= 0.3 is 18.0 Å². The molecule has 1 atom stereocenters. The second kappa shape index (κ2) is 11.4. The van der Waals surface area contributed by atoms with E-state index < -0.39 is 41.0 Å². The second-order valence-electron chi connectivity index (χ2n) is 8.68. The van der Waals surface area contributed by atoms with Crippen molar-refractivity contribution in [1.82, 2.24) is 5.32 Å². The first kappa shape index (κ1) is 25.1. The molecule has 10 nitrogen and oxygen atoms in total. The van der Waals surface area contributed by atoms with E-state index >= 15 is 0 Å². The van der Waals surface area contributed by atoms with Gasteiger partial charge in [0.2, 0.25) is 0 Å². The van der Waals surface area contributed by atoms with Crippen LogP contribution in [0.5, 0.6) is 0 Å². The first-order chi connectivity index (χ1) is 15.0. The number of benzene rings is 1. The number of nitrogens with one attached hydrogen (secondary N) is 1. The van der Waals surface area contributed by atoms with E-state index in [0.717, 1.165) is 32.1 Å². The molecule has 2 rings (SSSR count). The molecule has 0 bridgehead atoms. The lowest BCUT2D eigenvalue weighted by molar-refractivity contribution is -0.384. The molecule has 1 aromatic rings. The highest BCUT2D eigenvalue weighted by atomic mass is 16.6. The van der Waals surface area contributed by atoms with Crippen molar-refractivity contribution in [3.8, 4) is 0 Å². The number of ether oxygens (including phenoxy) is 3. The van der Waals surface area contributed by atoms with Gasteiger partial charge in [0.25, 0.3) is 5.69 Å². The fourth-order valence-corrected chi connectivity index (χ4v) is 3.18. The van der Waals surface area contributed by atoms with Crippen molar-refractivity contribution in [2.24, 2.45) is 0 Å². The van der Waals surface area contributed by atoms with Crippen LogP contribution in [0.1, 0.15) is 64.9 Å². The van der Waals surface area contributed by atoms with Crippen molar-refractivity contribution >= 4 is 23.7 Å². The van der Waals surface area contributed by atoms with Crippen molar-refractivity contribution < 1.29 is 33.5 Å². The fourth-order valence-electron chi connectivity index (χ4n) is 3.18. The minimum atomic E-state index is -1.25. The third kappa shape index (κ3) is 8.91. The van der Waals surface area contributed by atoms with Gasteiger partial charge in [-0.1, -0.05) is 6.42 Å². The second-order valence-corrected chi connectivity index (χ2v) is 8.68. The van der Waals surface area contributed by atoms with Crippen LogP contribution in [0.4, 0.5) is 10.5 Å². The Balaban J connectivity index is 1.96. The van der Waals surface area contributed by atoms with Gasteiger partial charge in [-0.05, 0) is 64.2 Å². The molecule has 1 saturated carbocycles. The molecule has 0 radical (unpaired) electrons. The number of amides is 1. The maximum absolute atomic E-state index is 12.7. The minimum Gasteiger partial charge on any atom is -0.461 e. The van der Waals surface area contributed by atoms with Crippen LogP contribution in [0.2, 0.25) is 0 Å². The Morgan fingerprint density at radius 2 is 1.75 bits per heavy atom. The van der Waals surface area contributed by atoms with Crippen LogP contribution in [0.25, 0.3) is 0 Å². The average Bonchev–Trinajstić information content (AvgIpc) is 2.71. The Bertz CT molecular complexity index is 810. The largest absolute Gasteiger partial charge is 0.461 e. The zero-order valence-electron chi connectivity index (χ0n) is 18.6. The Labute approximate surface area is 186 Å². The van der Waals surface area contributed by atoms with Gasteiger partial charge in [-0.15, -0.1) is 0 Å². The highest BCUT2D eigenvalue weighted by Crippen LogP contribution is 2.21. The number of esters is 2. The number of nitro benzene ring substituents is 1. The number of alkyl carbamates (subject to hydrolysis) is 1. The van der Waals surface area contributed by atoms with Gasteiger partial charge < -0.3 is 19.5 Å². The molecular formula is C22H30N2O8. The van der Waals surface area contributed by atoms with E-state index in [1.807, 2.05) is 0 Å². The predicted molar refractivity (Wildman–Crippen MR) is 114 cm³/mol. The van der Waals surface area contributed by atoms with Gasteiger partial charge in [-0.2, -0.15) is 0 Å². The highest BCUT2D eigenvalue weighted by molar-refractivity contribution is 5.86.